The van der Waals surface area contributed by atoms with Crippen molar-refractivity contribution < 1.29 is 13.6 Å². The summed E-state index contributed by atoms with van der Waals surface area (Å²) in [4.78, 5) is 13.1. The van der Waals surface area contributed by atoms with Crippen molar-refractivity contribution in [3.8, 4) is 11.5 Å². The second kappa shape index (κ2) is 7.59. The third kappa shape index (κ3) is 4.01. The smallest absolute Gasteiger partial charge is 0.277 e. The number of carbonyl (C=O) groups excluding carboxylic acids is 1. The van der Waals surface area contributed by atoms with Crippen LogP contribution in [0.1, 0.15) is 17.8 Å². The lowest BCUT2D eigenvalue weighted by Gasteiger charge is -2.11. The fourth-order valence-electron chi connectivity index (χ4n) is 2.03. The minimum absolute atomic E-state index is 0.0465. The number of benzene rings is 1. The summed E-state index contributed by atoms with van der Waals surface area (Å²) in [5.74, 6) is -0.316. The SMILES string of the molecule is C[C@H](NC(=O)CSc1nnc(-c2ccccc2F)o1)c1cccs1. The number of carbonyl (C=O) groups is 1. The Hall–Kier alpha value is -2.19. The molecule has 0 fully saturated rings. The first-order valence-electron chi connectivity index (χ1n) is 7.17. The lowest BCUT2D eigenvalue weighted by Crippen LogP contribution is -2.27. The molecule has 0 saturated carbocycles. The van der Waals surface area contributed by atoms with Crippen molar-refractivity contribution in [1.29, 1.82) is 0 Å². The quantitative estimate of drug-likeness (QED) is 0.673. The average molecular weight is 363 g/mol. The second-order valence-electron chi connectivity index (χ2n) is 4.95. The van der Waals surface area contributed by atoms with Crippen molar-refractivity contribution in [2.75, 3.05) is 5.75 Å². The number of hydrogen-bond acceptors (Lipinski definition) is 6. The summed E-state index contributed by atoms with van der Waals surface area (Å²) in [6.45, 7) is 1.93. The summed E-state index contributed by atoms with van der Waals surface area (Å²) in [6, 6.07) is 10.0. The molecule has 5 nitrogen and oxygen atoms in total. The van der Waals surface area contributed by atoms with E-state index in [0.717, 1.165) is 16.6 Å². The fourth-order valence-corrected chi connectivity index (χ4v) is 3.34. The maximum atomic E-state index is 13.7. The maximum absolute atomic E-state index is 13.7. The Balaban J connectivity index is 1.56. The van der Waals surface area contributed by atoms with Crippen LogP contribution in [0.15, 0.2) is 51.4 Å². The van der Waals surface area contributed by atoms with Crippen LogP contribution in [-0.4, -0.2) is 21.9 Å². The molecule has 0 aliphatic rings. The molecule has 3 aromatic rings. The van der Waals surface area contributed by atoms with E-state index in [9.17, 15) is 9.18 Å². The fraction of sp³-hybridized carbons (Fsp3) is 0.188. The number of nitrogens with zero attached hydrogens (tertiary/aromatic N) is 2. The van der Waals surface area contributed by atoms with Gasteiger partial charge in [0.1, 0.15) is 5.82 Å². The van der Waals surface area contributed by atoms with E-state index in [1.54, 1.807) is 29.5 Å². The molecule has 3 rings (SSSR count). The number of nitrogens with one attached hydrogen (secondary N) is 1. The molecule has 2 aromatic heterocycles. The minimum Gasteiger partial charge on any atom is -0.411 e. The van der Waals surface area contributed by atoms with Gasteiger partial charge in [0.2, 0.25) is 5.91 Å². The van der Waals surface area contributed by atoms with Gasteiger partial charge in [0.15, 0.2) is 0 Å². The molecule has 1 amide bonds. The molecule has 1 aromatic carbocycles. The Kier molecular flexibility index (Phi) is 5.27. The van der Waals surface area contributed by atoms with Gasteiger partial charge in [-0.05, 0) is 30.5 Å². The third-order valence-corrected chi connectivity index (χ3v) is 5.06. The number of hydrogen-bond donors (Lipinski definition) is 1. The van der Waals surface area contributed by atoms with Crippen molar-refractivity contribution in [1.82, 2.24) is 15.5 Å². The van der Waals surface area contributed by atoms with E-state index in [1.165, 1.54) is 6.07 Å². The zero-order chi connectivity index (χ0) is 16.9. The van der Waals surface area contributed by atoms with Crippen molar-refractivity contribution in [2.24, 2.45) is 0 Å². The lowest BCUT2D eigenvalue weighted by atomic mass is 10.2. The number of thiophene rings is 1. The Morgan fingerprint density at radius 3 is 2.92 bits per heavy atom. The monoisotopic (exact) mass is 363 g/mol. The van der Waals surface area contributed by atoms with Crippen molar-refractivity contribution in [3.63, 3.8) is 0 Å². The Bertz CT molecular complexity index is 820. The van der Waals surface area contributed by atoms with Gasteiger partial charge in [-0.1, -0.05) is 30.0 Å². The van der Waals surface area contributed by atoms with Gasteiger partial charge < -0.3 is 9.73 Å². The number of amides is 1. The van der Waals surface area contributed by atoms with Crippen LogP contribution in [0.5, 0.6) is 0 Å². The number of aromatic nitrogens is 2. The summed E-state index contributed by atoms with van der Waals surface area (Å²) < 4.78 is 19.1. The van der Waals surface area contributed by atoms with Crippen LogP contribution in [0.3, 0.4) is 0 Å². The van der Waals surface area contributed by atoms with Crippen molar-refractivity contribution >= 4 is 29.0 Å². The lowest BCUT2D eigenvalue weighted by molar-refractivity contribution is -0.119. The molecule has 1 N–H and O–H groups in total. The number of rotatable bonds is 6. The van der Waals surface area contributed by atoms with Gasteiger partial charge in [0, 0.05) is 4.88 Å². The van der Waals surface area contributed by atoms with Gasteiger partial charge in [-0.15, -0.1) is 21.5 Å². The minimum atomic E-state index is -0.430. The van der Waals surface area contributed by atoms with Gasteiger partial charge in [-0.2, -0.15) is 0 Å². The molecule has 24 heavy (non-hydrogen) atoms. The molecule has 0 bridgehead atoms. The summed E-state index contributed by atoms with van der Waals surface area (Å²) in [7, 11) is 0. The van der Waals surface area contributed by atoms with E-state index >= 15 is 0 Å². The van der Waals surface area contributed by atoms with Gasteiger partial charge in [-0.25, -0.2) is 4.39 Å². The Morgan fingerprint density at radius 2 is 2.17 bits per heavy atom. The highest BCUT2D eigenvalue weighted by Crippen LogP contribution is 2.25. The molecule has 124 valence electrons. The maximum Gasteiger partial charge on any atom is 0.277 e. The van der Waals surface area contributed by atoms with Crippen LogP contribution in [0, 0.1) is 5.82 Å². The van der Waals surface area contributed by atoms with E-state index in [-0.39, 0.29) is 34.4 Å². The first-order chi connectivity index (χ1) is 11.6. The van der Waals surface area contributed by atoms with Gasteiger partial charge >= 0.3 is 0 Å². The molecule has 0 radical (unpaired) electrons. The standard InChI is InChI=1S/C16H14FN3O2S2/c1-10(13-7-4-8-23-13)18-14(21)9-24-16-20-19-15(22-16)11-5-2-3-6-12(11)17/h2-8,10H,9H2,1H3,(H,18,21)/t10-/m0/s1. The zero-order valence-electron chi connectivity index (χ0n) is 12.7. The number of thioether (sulfide) groups is 1. The number of halogens is 1. The van der Waals surface area contributed by atoms with Crippen molar-refractivity contribution in [3.05, 3.63) is 52.5 Å². The predicted octanol–water partition coefficient (Wildman–Crippen LogP) is 3.91. The summed E-state index contributed by atoms with van der Waals surface area (Å²) in [5.41, 5.74) is 0.243. The van der Waals surface area contributed by atoms with E-state index in [2.05, 4.69) is 15.5 Å². The largest absolute Gasteiger partial charge is 0.411 e. The zero-order valence-corrected chi connectivity index (χ0v) is 14.4. The summed E-state index contributed by atoms with van der Waals surface area (Å²) in [6.07, 6.45) is 0. The van der Waals surface area contributed by atoms with E-state index in [1.807, 2.05) is 24.4 Å². The van der Waals surface area contributed by atoms with Crippen LogP contribution in [0.4, 0.5) is 4.39 Å². The van der Waals surface area contributed by atoms with Crippen LogP contribution < -0.4 is 5.32 Å². The highest BCUT2D eigenvalue weighted by molar-refractivity contribution is 7.99. The normalized spacial score (nSPS) is 12.1. The molecular weight excluding hydrogens is 349 g/mol. The van der Waals surface area contributed by atoms with Gasteiger partial charge in [0.05, 0.1) is 17.4 Å². The van der Waals surface area contributed by atoms with Gasteiger partial charge in [0.25, 0.3) is 11.1 Å². The molecule has 8 heteroatoms. The van der Waals surface area contributed by atoms with E-state index in [0.29, 0.717) is 0 Å². The van der Waals surface area contributed by atoms with E-state index < -0.39 is 5.82 Å². The molecule has 1 atom stereocenters. The van der Waals surface area contributed by atoms with Crippen LogP contribution in [0.25, 0.3) is 11.5 Å². The average Bonchev–Trinajstić information content (AvgIpc) is 3.25. The van der Waals surface area contributed by atoms with Crippen LogP contribution in [0.2, 0.25) is 0 Å². The third-order valence-electron chi connectivity index (χ3n) is 3.18. The molecule has 0 spiro atoms. The predicted molar refractivity (Wildman–Crippen MR) is 91.3 cm³/mol. The van der Waals surface area contributed by atoms with Crippen molar-refractivity contribution in [2.45, 2.75) is 18.2 Å². The summed E-state index contributed by atoms with van der Waals surface area (Å²) >= 11 is 2.71. The molecule has 0 aliphatic heterocycles. The highest BCUT2D eigenvalue weighted by atomic mass is 32.2. The van der Waals surface area contributed by atoms with E-state index in [4.69, 9.17) is 4.42 Å². The Morgan fingerprint density at radius 1 is 1.33 bits per heavy atom. The Labute approximate surface area is 146 Å². The second-order valence-corrected chi connectivity index (χ2v) is 6.85. The summed E-state index contributed by atoms with van der Waals surface area (Å²) in [5, 5.41) is 12.8. The molecule has 0 aliphatic carbocycles. The van der Waals surface area contributed by atoms with Crippen LogP contribution in [-0.2, 0) is 4.79 Å². The highest BCUT2D eigenvalue weighted by Gasteiger charge is 2.15. The van der Waals surface area contributed by atoms with Gasteiger partial charge in [-0.3, -0.25) is 4.79 Å². The molecular formula is C16H14FN3O2S2. The van der Waals surface area contributed by atoms with Crippen LogP contribution >= 0.6 is 23.1 Å². The topological polar surface area (TPSA) is 68.0 Å². The molecule has 2 heterocycles. The first kappa shape index (κ1) is 16.7. The first-order valence-corrected chi connectivity index (χ1v) is 9.04. The molecule has 0 saturated heterocycles. The molecule has 0 unspecified atom stereocenters.